The van der Waals surface area contributed by atoms with Crippen molar-refractivity contribution in [2.75, 3.05) is 11.8 Å². The van der Waals surface area contributed by atoms with Gasteiger partial charge in [-0.2, -0.15) is 13.2 Å². The predicted octanol–water partition coefficient (Wildman–Crippen LogP) is 4.93. The lowest BCUT2D eigenvalue weighted by Crippen LogP contribution is -2.15. The number of hydrogen-bond donors (Lipinski definition) is 1. The van der Waals surface area contributed by atoms with Gasteiger partial charge in [0.15, 0.2) is 0 Å². The van der Waals surface area contributed by atoms with Gasteiger partial charge in [-0.1, -0.05) is 27.5 Å². The third kappa shape index (κ3) is 4.34. The van der Waals surface area contributed by atoms with Gasteiger partial charge in [-0.25, -0.2) is 8.42 Å². The lowest BCUT2D eigenvalue weighted by molar-refractivity contribution is -0.137. The Labute approximate surface area is 149 Å². The molecule has 0 bridgehead atoms. The minimum Gasteiger partial charge on any atom is -0.495 e. The number of rotatable bonds is 4. The summed E-state index contributed by atoms with van der Waals surface area (Å²) >= 11 is 8.78. The molecule has 0 aliphatic carbocycles. The summed E-state index contributed by atoms with van der Waals surface area (Å²) in [5, 5.41) is 0.155. The summed E-state index contributed by atoms with van der Waals surface area (Å²) in [6.45, 7) is 0. The Hall–Kier alpha value is -1.45. The van der Waals surface area contributed by atoms with Gasteiger partial charge in [0.1, 0.15) is 5.75 Å². The molecule has 0 saturated carbocycles. The van der Waals surface area contributed by atoms with Crippen LogP contribution in [0, 0.1) is 0 Å². The van der Waals surface area contributed by atoms with Gasteiger partial charge in [-0.05, 0) is 36.4 Å². The summed E-state index contributed by atoms with van der Waals surface area (Å²) < 4.78 is 70.3. The van der Waals surface area contributed by atoms with Gasteiger partial charge in [-0.15, -0.1) is 0 Å². The average Bonchev–Trinajstić information content (AvgIpc) is 2.45. The largest absolute Gasteiger partial charge is 0.495 e. The molecule has 0 aliphatic heterocycles. The maximum Gasteiger partial charge on any atom is 0.416 e. The normalized spacial score (nSPS) is 12.1. The second-order valence-corrected chi connectivity index (χ2v) is 7.63. The van der Waals surface area contributed by atoms with Crippen LogP contribution in [0.1, 0.15) is 5.56 Å². The summed E-state index contributed by atoms with van der Waals surface area (Å²) in [6, 6.07) is 6.53. The van der Waals surface area contributed by atoms with Crippen LogP contribution in [-0.2, 0) is 16.2 Å². The van der Waals surface area contributed by atoms with Gasteiger partial charge in [0.05, 0.1) is 28.3 Å². The summed E-state index contributed by atoms with van der Waals surface area (Å²) in [6.07, 6.45) is -4.67. The Bertz CT molecular complexity index is 872. The maximum absolute atomic E-state index is 12.8. The van der Waals surface area contributed by atoms with Gasteiger partial charge in [0.2, 0.25) is 0 Å². The molecule has 0 atom stereocenters. The van der Waals surface area contributed by atoms with E-state index in [1.54, 1.807) is 0 Å². The molecule has 0 aliphatic rings. The molecule has 0 saturated heterocycles. The molecule has 24 heavy (non-hydrogen) atoms. The highest BCUT2D eigenvalue weighted by Gasteiger charge is 2.32. The van der Waals surface area contributed by atoms with E-state index in [2.05, 4.69) is 20.7 Å². The highest BCUT2D eigenvalue weighted by atomic mass is 79.9. The predicted molar refractivity (Wildman–Crippen MR) is 88.0 cm³/mol. The van der Waals surface area contributed by atoms with Crippen LogP contribution < -0.4 is 9.46 Å². The van der Waals surface area contributed by atoms with E-state index >= 15 is 0 Å². The van der Waals surface area contributed by atoms with Gasteiger partial charge in [0, 0.05) is 4.47 Å². The molecule has 0 spiro atoms. The Kier molecular flexibility index (Phi) is 5.36. The van der Waals surface area contributed by atoms with E-state index in [-0.39, 0.29) is 15.2 Å². The van der Waals surface area contributed by atoms with Crippen LogP contribution in [0.3, 0.4) is 0 Å². The number of ether oxygens (including phenoxy) is 1. The van der Waals surface area contributed by atoms with Crippen molar-refractivity contribution in [3.63, 3.8) is 0 Å². The summed E-state index contributed by atoms with van der Waals surface area (Å²) in [7, 11) is -2.84. The minimum atomic E-state index is -4.67. The second-order valence-electron chi connectivity index (χ2n) is 4.63. The van der Waals surface area contributed by atoms with Crippen molar-refractivity contribution in [2.24, 2.45) is 0 Å². The molecular weight excluding hydrogens is 435 g/mol. The van der Waals surface area contributed by atoms with E-state index in [1.165, 1.54) is 25.3 Å². The molecule has 4 nitrogen and oxygen atoms in total. The van der Waals surface area contributed by atoms with Gasteiger partial charge in [-0.3, -0.25) is 4.72 Å². The fraction of sp³-hybridized carbons (Fsp3) is 0.143. The zero-order valence-electron chi connectivity index (χ0n) is 12.0. The number of benzene rings is 2. The fourth-order valence-electron chi connectivity index (χ4n) is 1.83. The number of halogens is 5. The molecular formula is C14H10BrClF3NO3S. The van der Waals surface area contributed by atoms with Crippen LogP contribution >= 0.6 is 27.5 Å². The number of alkyl halides is 3. The van der Waals surface area contributed by atoms with E-state index in [4.69, 9.17) is 16.3 Å². The molecule has 2 rings (SSSR count). The van der Waals surface area contributed by atoms with Crippen molar-refractivity contribution < 1.29 is 26.3 Å². The first-order valence-corrected chi connectivity index (χ1v) is 8.92. The van der Waals surface area contributed by atoms with Crippen LogP contribution in [0.15, 0.2) is 45.8 Å². The first kappa shape index (κ1) is 18.9. The molecule has 2 aromatic carbocycles. The number of hydrogen-bond acceptors (Lipinski definition) is 3. The highest BCUT2D eigenvalue weighted by Crippen LogP contribution is 2.34. The number of nitrogens with one attached hydrogen (secondary N) is 1. The quantitative estimate of drug-likeness (QED) is 0.727. The summed E-state index contributed by atoms with van der Waals surface area (Å²) in [5.41, 5.74) is -0.987. The third-order valence-corrected chi connectivity index (χ3v) is 5.03. The standard InChI is InChI=1S/C14H10BrClF3NO3S/c1-23-13-3-2-10(7-12(13)16)20-24(21,22)11-5-8(14(17,18)19)4-9(15)6-11/h2-7,20H,1H3. The van der Waals surface area contributed by atoms with Crippen molar-refractivity contribution in [1.82, 2.24) is 0 Å². The number of sulfonamides is 1. The van der Waals surface area contributed by atoms with Gasteiger partial charge in [0.25, 0.3) is 10.0 Å². The fourth-order valence-corrected chi connectivity index (χ4v) is 3.85. The van der Waals surface area contributed by atoms with Crippen LogP contribution in [0.5, 0.6) is 5.75 Å². The molecule has 1 N–H and O–H groups in total. The summed E-state index contributed by atoms with van der Waals surface area (Å²) in [5.74, 6) is 0.335. The first-order chi connectivity index (χ1) is 11.0. The van der Waals surface area contributed by atoms with E-state index in [9.17, 15) is 21.6 Å². The molecule has 0 unspecified atom stereocenters. The Morgan fingerprint density at radius 1 is 1.17 bits per heavy atom. The van der Waals surface area contributed by atoms with Gasteiger partial charge >= 0.3 is 6.18 Å². The van der Waals surface area contributed by atoms with Crippen molar-refractivity contribution in [3.05, 3.63) is 51.5 Å². The molecule has 0 amide bonds. The monoisotopic (exact) mass is 443 g/mol. The Morgan fingerprint density at radius 2 is 1.83 bits per heavy atom. The van der Waals surface area contributed by atoms with Crippen molar-refractivity contribution >= 4 is 43.2 Å². The molecule has 0 heterocycles. The van der Waals surface area contributed by atoms with E-state index in [0.717, 1.165) is 12.1 Å². The number of anilines is 1. The first-order valence-electron chi connectivity index (χ1n) is 6.27. The van der Waals surface area contributed by atoms with Crippen LogP contribution in [-0.4, -0.2) is 15.5 Å². The zero-order chi connectivity index (χ0) is 18.1. The Morgan fingerprint density at radius 3 is 2.38 bits per heavy atom. The van der Waals surface area contributed by atoms with E-state index in [1.807, 2.05) is 0 Å². The third-order valence-electron chi connectivity index (χ3n) is 2.91. The SMILES string of the molecule is COc1ccc(NS(=O)(=O)c2cc(Br)cc(C(F)(F)F)c2)cc1Cl. The molecule has 0 radical (unpaired) electrons. The smallest absolute Gasteiger partial charge is 0.416 e. The lowest BCUT2D eigenvalue weighted by Gasteiger charge is -2.13. The topological polar surface area (TPSA) is 55.4 Å². The van der Waals surface area contributed by atoms with Crippen LogP contribution in [0.4, 0.5) is 18.9 Å². The molecule has 10 heteroatoms. The minimum absolute atomic E-state index is 0.00883. The zero-order valence-corrected chi connectivity index (χ0v) is 15.1. The summed E-state index contributed by atoms with van der Waals surface area (Å²) in [4.78, 5) is -0.531. The van der Waals surface area contributed by atoms with Gasteiger partial charge < -0.3 is 4.74 Å². The second kappa shape index (κ2) is 6.81. The lowest BCUT2D eigenvalue weighted by atomic mass is 10.2. The van der Waals surface area contributed by atoms with Crippen molar-refractivity contribution in [1.29, 1.82) is 0 Å². The van der Waals surface area contributed by atoms with Crippen LogP contribution in [0.25, 0.3) is 0 Å². The average molecular weight is 445 g/mol. The maximum atomic E-state index is 12.8. The molecule has 0 fully saturated rings. The van der Waals surface area contributed by atoms with E-state index in [0.29, 0.717) is 11.8 Å². The molecule has 130 valence electrons. The molecule has 0 aromatic heterocycles. The highest BCUT2D eigenvalue weighted by molar-refractivity contribution is 9.10. The molecule has 2 aromatic rings. The van der Waals surface area contributed by atoms with Crippen molar-refractivity contribution in [3.8, 4) is 5.75 Å². The van der Waals surface area contributed by atoms with E-state index < -0.39 is 26.7 Å². The van der Waals surface area contributed by atoms with Crippen molar-refractivity contribution in [2.45, 2.75) is 11.1 Å². The Balaban J connectivity index is 2.41. The van der Waals surface area contributed by atoms with Crippen LogP contribution in [0.2, 0.25) is 5.02 Å². The number of methoxy groups -OCH3 is 1.